The first-order valence-electron chi connectivity index (χ1n) is 18.3. The molecular weight excluding hydrogens is 881 g/mol. The van der Waals surface area contributed by atoms with Gasteiger partial charge in [-0.2, -0.15) is 0 Å². The number of nitrogens with zero attached hydrogens (tertiary/aromatic N) is 9. The summed E-state index contributed by atoms with van der Waals surface area (Å²) in [6, 6.07) is 21.3. The molecule has 3 heterocycles. The van der Waals surface area contributed by atoms with E-state index in [0.717, 1.165) is 22.3 Å². The second kappa shape index (κ2) is 24.7. The third-order valence-corrected chi connectivity index (χ3v) is 9.09. The van der Waals surface area contributed by atoms with Crippen molar-refractivity contribution in [3.63, 3.8) is 0 Å². The molecule has 3 aromatic heterocycles. The number of benzene rings is 3. The molecule has 0 radical (unpaired) electrons. The van der Waals surface area contributed by atoms with Gasteiger partial charge in [0.05, 0.1) is 53.8 Å². The van der Waals surface area contributed by atoms with Crippen LogP contribution in [-0.4, -0.2) is 95.9 Å². The van der Waals surface area contributed by atoms with Crippen LogP contribution in [-0.2, 0) is 14.4 Å². The Morgan fingerprint density at radius 3 is 1.30 bits per heavy atom. The molecular formula is C42H36Cl3N9O9. The van der Waals surface area contributed by atoms with Gasteiger partial charge in [0.1, 0.15) is 11.4 Å². The van der Waals surface area contributed by atoms with E-state index in [2.05, 4.69) is 45.4 Å². The zero-order chi connectivity index (χ0) is 45.7. The first-order valence-corrected chi connectivity index (χ1v) is 19.5. The Balaban J connectivity index is 0.000000207. The zero-order valence-corrected chi connectivity index (χ0v) is 35.0. The highest BCUT2D eigenvalue weighted by Gasteiger charge is 2.12. The molecule has 0 unspecified atom stereocenters. The fourth-order valence-electron chi connectivity index (χ4n) is 5.25. The molecule has 0 aliphatic rings. The molecule has 6 N–H and O–H groups in total. The average molecular weight is 917 g/mol. The van der Waals surface area contributed by atoms with Crippen molar-refractivity contribution in [3.8, 4) is 33.8 Å². The van der Waals surface area contributed by atoms with Crippen LogP contribution in [0.25, 0.3) is 33.8 Å². The molecule has 3 aromatic carbocycles. The van der Waals surface area contributed by atoms with E-state index in [9.17, 15) is 14.4 Å². The van der Waals surface area contributed by atoms with Gasteiger partial charge in [0.25, 0.3) is 0 Å². The molecule has 21 heteroatoms. The number of rotatable bonds is 15. The third kappa shape index (κ3) is 15.9. The van der Waals surface area contributed by atoms with E-state index in [1.807, 2.05) is 24.3 Å². The van der Waals surface area contributed by atoms with Crippen LogP contribution < -0.4 is 0 Å². The number of aromatic nitrogens is 6. The summed E-state index contributed by atoms with van der Waals surface area (Å²) in [5.74, 6) is -2.32. The Labute approximate surface area is 373 Å². The molecule has 324 valence electrons. The Morgan fingerprint density at radius 2 is 0.873 bits per heavy atom. The minimum Gasteiger partial charge on any atom is -0.481 e. The molecule has 18 nitrogen and oxygen atoms in total. The smallest absolute Gasteiger partial charge is 0.303 e. The summed E-state index contributed by atoms with van der Waals surface area (Å²) in [7, 11) is 0. The van der Waals surface area contributed by atoms with Gasteiger partial charge in [0.15, 0.2) is 5.82 Å². The lowest BCUT2D eigenvalue weighted by molar-refractivity contribution is -0.137. The van der Waals surface area contributed by atoms with E-state index < -0.39 is 17.9 Å². The summed E-state index contributed by atoms with van der Waals surface area (Å²) < 4.78 is 0. The fourth-order valence-corrected chi connectivity index (χ4v) is 5.57. The predicted molar refractivity (Wildman–Crippen MR) is 233 cm³/mol. The molecule has 0 fully saturated rings. The number of oxime groups is 3. The lowest BCUT2D eigenvalue weighted by atomic mass is 10.0. The summed E-state index contributed by atoms with van der Waals surface area (Å²) in [6.45, 7) is 0. The molecule has 0 aliphatic carbocycles. The Morgan fingerprint density at radius 1 is 0.429 bits per heavy atom. The number of carboxylic acid groups (broad SMARTS) is 3. The largest absolute Gasteiger partial charge is 0.481 e. The van der Waals surface area contributed by atoms with Gasteiger partial charge in [-0.1, -0.05) is 99.3 Å². The van der Waals surface area contributed by atoms with Gasteiger partial charge in [-0.15, -0.1) is 0 Å². The molecule has 63 heavy (non-hydrogen) atoms. The van der Waals surface area contributed by atoms with E-state index in [1.165, 1.54) is 24.8 Å². The van der Waals surface area contributed by atoms with Crippen LogP contribution >= 0.6 is 34.8 Å². The Hall–Kier alpha value is -7.41. The van der Waals surface area contributed by atoms with Crippen LogP contribution in [0.15, 0.2) is 125 Å². The fraction of sp³-hybridized carbons (Fsp3) is 0.143. The molecule has 0 saturated heterocycles. The van der Waals surface area contributed by atoms with Crippen molar-refractivity contribution >= 4 is 69.8 Å². The lowest BCUT2D eigenvalue weighted by Gasteiger charge is -2.05. The average Bonchev–Trinajstić information content (AvgIpc) is 3.29. The minimum atomic E-state index is -0.970. The van der Waals surface area contributed by atoms with E-state index in [0.29, 0.717) is 49.8 Å². The maximum atomic E-state index is 10.6. The Bertz CT molecular complexity index is 2250. The summed E-state index contributed by atoms with van der Waals surface area (Å²) in [5, 5.41) is 63.5. The number of hydrogen-bond donors (Lipinski definition) is 6. The van der Waals surface area contributed by atoms with Crippen molar-refractivity contribution < 1.29 is 45.3 Å². The maximum absolute atomic E-state index is 10.6. The number of carboxylic acids is 3. The number of halogens is 3. The number of carbonyl (C=O) groups is 3. The van der Waals surface area contributed by atoms with Crippen LogP contribution in [0.4, 0.5) is 0 Å². The van der Waals surface area contributed by atoms with E-state index >= 15 is 0 Å². The van der Waals surface area contributed by atoms with Crippen molar-refractivity contribution in [1.29, 1.82) is 0 Å². The summed E-state index contributed by atoms with van der Waals surface area (Å²) in [5.41, 5.74) is 6.46. The Kier molecular flexibility index (Phi) is 19.0. The van der Waals surface area contributed by atoms with Gasteiger partial charge in [0, 0.05) is 65.8 Å². The molecule has 0 atom stereocenters. The van der Waals surface area contributed by atoms with Gasteiger partial charge < -0.3 is 30.9 Å². The van der Waals surface area contributed by atoms with Gasteiger partial charge in [0.2, 0.25) is 5.28 Å². The minimum absolute atomic E-state index is 0.0841. The summed E-state index contributed by atoms with van der Waals surface area (Å²) in [6.07, 6.45) is 9.28. The molecule has 0 bridgehead atoms. The third-order valence-electron chi connectivity index (χ3n) is 8.45. The number of aliphatic carboxylic acids is 3. The van der Waals surface area contributed by atoms with E-state index in [1.54, 1.807) is 60.9 Å². The molecule has 0 saturated carbocycles. The van der Waals surface area contributed by atoms with Crippen molar-refractivity contribution in [2.75, 3.05) is 0 Å². The van der Waals surface area contributed by atoms with Gasteiger partial charge in [-0.05, 0) is 40.4 Å². The second-order valence-corrected chi connectivity index (χ2v) is 13.9. The van der Waals surface area contributed by atoms with Crippen molar-refractivity contribution in [2.24, 2.45) is 15.5 Å². The first-order chi connectivity index (χ1) is 30.3. The van der Waals surface area contributed by atoms with Gasteiger partial charge in [-0.3, -0.25) is 24.4 Å². The first kappa shape index (κ1) is 48.3. The van der Waals surface area contributed by atoms with E-state index in [-0.39, 0.29) is 49.5 Å². The second-order valence-electron chi connectivity index (χ2n) is 12.7. The van der Waals surface area contributed by atoms with Crippen LogP contribution in [0, 0.1) is 0 Å². The van der Waals surface area contributed by atoms with Crippen molar-refractivity contribution in [2.45, 2.75) is 38.5 Å². The van der Waals surface area contributed by atoms with Gasteiger partial charge in [-0.25, -0.2) is 19.9 Å². The standard InChI is InChI=1S/3C14H12ClN3O3/c15-11-7-16-14(17-8-11)10-3-1-9(2-4-10)12(18-21)5-6-13(19)20;15-14-16-7-11(8-17-14)9-1-3-10(4-2-9)12(18-21)5-6-13(19)20;15-10-3-1-9(2-4-10)12-7-17-13(8-16-12)11(18-21)5-6-14(19)20/h3*1-4,7-8,21H,5-6H2,(H,19,20). The van der Waals surface area contributed by atoms with Crippen LogP contribution in [0.5, 0.6) is 0 Å². The highest BCUT2D eigenvalue weighted by molar-refractivity contribution is 6.30. The molecule has 6 aromatic rings. The highest BCUT2D eigenvalue weighted by atomic mass is 35.5. The summed E-state index contributed by atoms with van der Waals surface area (Å²) in [4.78, 5) is 56.0. The monoisotopic (exact) mass is 915 g/mol. The zero-order valence-electron chi connectivity index (χ0n) is 32.7. The van der Waals surface area contributed by atoms with E-state index in [4.69, 9.17) is 65.7 Å². The number of hydrogen-bond acceptors (Lipinski definition) is 15. The molecule has 0 amide bonds. The molecule has 0 spiro atoms. The topological polar surface area (TPSA) is 287 Å². The van der Waals surface area contributed by atoms with Crippen LogP contribution in [0.3, 0.4) is 0 Å². The van der Waals surface area contributed by atoms with Crippen molar-refractivity contribution in [1.82, 2.24) is 29.9 Å². The normalized spacial score (nSPS) is 11.4. The SMILES string of the molecule is O=C(O)CCC(=NO)c1ccc(-c2cnc(Cl)nc2)cc1.O=C(O)CCC(=NO)c1ccc(-c2ncc(Cl)cn2)cc1.O=C(O)CCC(=NO)c1cnc(-c2ccc(Cl)cc2)cn1. The molecule has 0 aliphatic heterocycles. The quantitative estimate of drug-likeness (QED) is 0.0243. The summed E-state index contributed by atoms with van der Waals surface area (Å²) >= 11 is 17.2. The van der Waals surface area contributed by atoms with Crippen LogP contribution in [0.1, 0.15) is 55.3 Å². The molecule has 6 rings (SSSR count). The maximum Gasteiger partial charge on any atom is 0.303 e. The predicted octanol–water partition coefficient (Wildman–Crippen LogP) is 8.52. The van der Waals surface area contributed by atoms with Crippen molar-refractivity contribution in [3.05, 3.63) is 142 Å². The van der Waals surface area contributed by atoms with Crippen LogP contribution in [0.2, 0.25) is 15.3 Å². The van der Waals surface area contributed by atoms with Gasteiger partial charge >= 0.3 is 17.9 Å². The lowest BCUT2D eigenvalue weighted by Crippen LogP contribution is -2.08. The highest BCUT2D eigenvalue weighted by Crippen LogP contribution is 2.22.